The smallest absolute Gasteiger partial charge is 0.295 e. The van der Waals surface area contributed by atoms with Gasteiger partial charge >= 0.3 is 0 Å². The van der Waals surface area contributed by atoms with Crippen LogP contribution < -0.4 is 10.9 Å². The number of hydrogen-bond acceptors (Lipinski definition) is 4. The molecule has 33 heavy (non-hydrogen) atoms. The second kappa shape index (κ2) is 8.95. The zero-order chi connectivity index (χ0) is 23.8. The molecule has 0 unspecified atom stereocenters. The van der Waals surface area contributed by atoms with E-state index in [0.717, 1.165) is 12.1 Å². The maximum absolute atomic E-state index is 13.2. The number of aromatic nitrogens is 2. The summed E-state index contributed by atoms with van der Waals surface area (Å²) in [6, 6.07) is 13.7. The van der Waals surface area contributed by atoms with Crippen LogP contribution in [0.2, 0.25) is 0 Å². The predicted molar refractivity (Wildman–Crippen MR) is 122 cm³/mol. The van der Waals surface area contributed by atoms with Gasteiger partial charge in [-0.25, -0.2) is 17.5 Å². The van der Waals surface area contributed by atoms with Gasteiger partial charge < -0.3 is 5.32 Å². The van der Waals surface area contributed by atoms with Gasteiger partial charge in [0.25, 0.3) is 5.56 Å². The number of nitrogens with one attached hydrogen (secondary N) is 1. The molecule has 174 valence electrons. The average Bonchev–Trinajstić information content (AvgIpc) is 3.03. The van der Waals surface area contributed by atoms with E-state index >= 15 is 0 Å². The van der Waals surface area contributed by atoms with Gasteiger partial charge in [-0.15, -0.1) is 0 Å². The minimum absolute atomic E-state index is 0.00962. The Balaban J connectivity index is 1.55. The summed E-state index contributed by atoms with van der Waals surface area (Å²) >= 11 is 0. The first kappa shape index (κ1) is 22.9. The number of carbonyl (C=O) groups is 1. The van der Waals surface area contributed by atoms with Crippen LogP contribution in [0.4, 0.5) is 10.1 Å². The molecular formula is C23H25FN4O4S. The second-order valence-corrected chi connectivity index (χ2v) is 10.0. The number of anilines is 1. The topological polar surface area (TPSA) is 93.4 Å². The first-order valence-corrected chi connectivity index (χ1v) is 12.0. The lowest BCUT2D eigenvalue weighted by molar-refractivity contribution is -0.120. The van der Waals surface area contributed by atoms with Crippen molar-refractivity contribution in [2.24, 2.45) is 13.0 Å². The number of hydrogen-bond donors (Lipinski definition) is 1. The van der Waals surface area contributed by atoms with Gasteiger partial charge in [0.05, 0.1) is 22.2 Å². The number of nitrogens with zero attached hydrogens (tertiary/aromatic N) is 3. The molecule has 10 heteroatoms. The van der Waals surface area contributed by atoms with Crippen LogP contribution >= 0.6 is 0 Å². The van der Waals surface area contributed by atoms with E-state index < -0.39 is 27.7 Å². The molecule has 1 aliphatic heterocycles. The molecule has 1 fully saturated rings. The van der Waals surface area contributed by atoms with E-state index in [2.05, 4.69) is 5.32 Å². The van der Waals surface area contributed by atoms with Crippen molar-refractivity contribution in [3.63, 3.8) is 0 Å². The van der Waals surface area contributed by atoms with E-state index in [1.54, 1.807) is 30.8 Å². The lowest BCUT2D eigenvalue weighted by atomic mass is 9.99. The first-order chi connectivity index (χ1) is 15.7. The Morgan fingerprint density at radius 2 is 1.76 bits per heavy atom. The Morgan fingerprint density at radius 3 is 2.42 bits per heavy atom. The van der Waals surface area contributed by atoms with Crippen LogP contribution in [0.25, 0.3) is 5.69 Å². The van der Waals surface area contributed by atoms with Crippen LogP contribution in [0.3, 0.4) is 0 Å². The number of benzene rings is 2. The Bertz CT molecular complexity index is 1330. The molecule has 1 saturated heterocycles. The molecule has 3 aromatic rings. The van der Waals surface area contributed by atoms with Gasteiger partial charge in [-0.2, -0.15) is 4.31 Å². The van der Waals surface area contributed by atoms with Crippen LogP contribution in [0.1, 0.15) is 18.5 Å². The Hall–Kier alpha value is -3.24. The SMILES string of the molecule is Cc1c(NC(=O)[C@@H]2CCCN(S(=O)(=O)c3ccc(F)cc3)C2)c(=O)n(-c2ccccc2)n1C. The van der Waals surface area contributed by atoms with Gasteiger partial charge in [0.15, 0.2) is 0 Å². The van der Waals surface area contributed by atoms with Gasteiger partial charge in [0.2, 0.25) is 15.9 Å². The number of para-hydroxylation sites is 1. The quantitative estimate of drug-likeness (QED) is 0.618. The summed E-state index contributed by atoms with van der Waals surface area (Å²) in [5.41, 5.74) is 1.07. The summed E-state index contributed by atoms with van der Waals surface area (Å²) in [5.74, 6) is -1.54. The van der Waals surface area contributed by atoms with E-state index in [1.165, 1.54) is 21.1 Å². The van der Waals surface area contributed by atoms with E-state index in [-0.39, 0.29) is 29.2 Å². The fourth-order valence-corrected chi connectivity index (χ4v) is 5.59. The zero-order valence-corrected chi connectivity index (χ0v) is 19.2. The highest BCUT2D eigenvalue weighted by molar-refractivity contribution is 7.89. The number of carbonyl (C=O) groups excluding carboxylic acids is 1. The number of piperidine rings is 1. The number of rotatable bonds is 5. The van der Waals surface area contributed by atoms with Crippen molar-refractivity contribution in [3.05, 3.63) is 76.5 Å². The van der Waals surface area contributed by atoms with E-state index in [0.29, 0.717) is 24.2 Å². The largest absolute Gasteiger partial charge is 0.320 e. The highest BCUT2D eigenvalue weighted by atomic mass is 32.2. The van der Waals surface area contributed by atoms with Gasteiger partial charge in [-0.05, 0) is 56.2 Å². The fraction of sp³-hybridized carbons (Fsp3) is 0.304. The monoisotopic (exact) mass is 472 g/mol. The molecule has 0 spiro atoms. The van der Waals surface area contributed by atoms with Crippen molar-refractivity contribution in [1.82, 2.24) is 13.7 Å². The van der Waals surface area contributed by atoms with Gasteiger partial charge in [-0.1, -0.05) is 18.2 Å². The Labute approximate surface area is 191 Å². The average molecular weight is 473 g/mol. The van der Waals surface area contributed by atoms with Crippen molar-refractivity contribution >= 4 is 21.6 Å². The van der Waals surface area contributed by atoms with Crippen molar-refractivity contribution in [2.75, 3.05) is 18.4 Å². The zero-order valence-electron chi connectivity index (χ0n) is 18.4. The first-order valence-electron chi connectivity index (χ1n) is 10.6. The third kappa shape index (κ3) is 4.36. The van der Waals surface area contributed by atoms with Gasteiger partial charge in [0, 0.05) is 20.1 Å². The predicted octanol–water partition coefficient (Wildman–Crippen LogP) is 2.66. The highest BCUT2D eigenvalue weighted by Crippen LogP contribution is 2.25. The molecule has 1 aliphatic rings. The van der Waals surface area contributed by atoms with E-state index in [1.807, 2.05) is 18.2 Å². The minimum atomic E-state index is -3.86. The van der Waals surface area contributed by atoms with E-state index in [4.69, 9.17) is 0 Å². The maximum Gasteiger partial charge on any atom is 0.295 e. The van der Waals surface area contributed by atoms with Crippen molar-refractivity contribution in [3.8, 4) is 5.69 Å². The van der Waals surface area contributed by atoms with Gasteiger partial charge in [0.1, 0.15) is 11.5 Å². The number of halogens is 1. The van der Waals surface area contributed by atoms with Crippen molar-refractivity contribution in [1.29, 1.82) is 0 Å². The van der Waals surface area contributed by atoms with Crippen LogP contribution in [0.5, 0.6) is 0 Å². The molecule has 2 aromatic carbocycles. The maximum atomic E-state index is 13.2. The standard InChI is InChI=1S/C23H25FN4O4S/c1-16-21(23(30)28(26(16)2)19-8-4-3-5-9-19)25-22(29)17-7-6-14-27(15-17)33(31,32)20-12-10-18(24)11-13-20/h3-5,8-13,17H,6-7,14-15H2,1-2H3,(H,25,29)/t17-/m1/s1. The van der Waals surface area contributed by atoms with Crippen LogP contribution in [-0.2, 0) is 21.9 Å². The fourth-order valence-electron chi connectivity index (χ4n) is 4.07. The molecule has 0 saturated carbocycles. The second-order valence-electron chi connectivity index (χ2n) is 8.08. The van der Waals surface area contributed by atoms with Crippen LogP contribution in [-0.4, -0.2) is 41.1 Å². The minimum Gasteiger partial charge on any atom is -0.320 e. The summed E-state index contributed by atoms with van der Waals surface area (Å²) in [6.45, 7) is 2.00. The molecule has 0 radical (unpaired) electrons. The molecule has 1 N–H and O–H groups in total. The molecule has 0 aliphatic carbocycles. The third-order valence-electron chi connectivity index (χ3n) is 6.01. The highest BCUT2D eigenvalue weighted by Gasteiger charge is 2.34. The molecule has 0 bridgehead atoms. The van der Waals surface area contributed by atoms with Crippen molar-refractivity contribution in [2.45, 2.75) is 24.7 Å². The Morgan fingerprint density at radius 1 is 1.09 bits per heavy atom. The number of amides is 1. The summed E-state index contributed by atoms with van der Waals surface area (Å²) in [6.07, 6.45) is 1.00. The lowest BCUT2D eigenvalue weighted by Gasteiger charge is -2.31. The Kier molecular flexibility index (Phi) is 6.22. The molecule has 2 heterocycles. The van der Waals surface area contributed by atoms with Crippen molar-refractivity contribution < 1.29 is 17.6 Å². The lowest BCUT2D eigenvalue weighted by Crippen LogP contribution is -2.44. The molecule has 1 amide bonds. The summed E-state index contributed by atoms with van der Waals surface area (Å²) in [7, 11) is -2.12. The third-order valence-corrected chi connectivity index (χ3v) is 7.89. The number of sulfonamides is 1. The molecule has 1 atom stereocenters. The summed E-state index contributed by atoms with van der Waals surface area (Å²) in [5, 5.41) is 2.73. The molecular weight excluding hydrogens is 447 g/mol. The van der Waals surface area contributed by atoms with Crippen LogP contribution in [0, 0.1) is 18.7 Å². The van der Waals surface area contributed by atoms with Gasteiger partial charge in [-0.3, -0.25) is 14.3 Å². The molecule has 4 rings (SSSR count). The molecule has 1 aromatic heterocycles. The summed E-state index contributed by atoms with van der Waals surface area (Å²) < 4.78 is 43.5. The molecule has 8 nitrogen and oxygen atoms in total. The van der Waals surface area contributed by atoms with Crippen LogP contribution in [0.15, 0.2) is 64.3 Å². The summed E-state index contributed by atoms with van der Waals surface area (Å²) in [4.78, 5) is 26.1. The van der Waals surface area contributed by atoms with E-state index in [9.17, 15) is 22.4 Å². The normalized spacial score (nSPS) is 17.1.